The van der Waals surface area contributed by atoms with Gasteiger partial charge in [0.1, 0.15) is 17.5 Å². The number of hydrogen-bond acceptors (Lipinski definition) is 2. The van der Waals surface area contributed by atoms with Crippen LogP contribution in [-0.4, -0.2) is 15.7 Å². The van der Waals surface area contributed by atoms with Crippen LogP contribution in [0.2, 0.25) is 0 Å². The van der Waals surface area contributed by atoms with Crippen molar-refractivity contribution in [3.8, 4) is 5.69 Å². The SMILES string of the molecule is CCc1c(C(=O)Nc2ccc(F)cc2F)cnn1-c1ccc(F)cc1. The molecule has 0 spiro atoms. The third kappa shape index (κ3) is 3.40. The second kappa shape index (κ2) is 6.80. The van der Waals surface area contributed by atoms with E-state index in [4.69, 9.17) is 0 Å². The van der Waals surface area contributed by atoms with E-state index >= 15 is 0 Å². The Labute approximate surface area is 141 Å². The molecule has 0 atom stereocenters. The summed E-state index contributed by atoms with van der Waals surface area (Å²) in [6, 6.07) is 8.58. The maximum Gasteiger partial charge on any atom is 0.259 e. The van der Waals surface area contributed by atoms with Gasteiger partial charge in [-0.2, -0.15) is 5.10 Å². The molecule has 1 amide bonds. The second-order valence-electron chi connectivity index (χ2n) is 5.33. The first-order valence-corrected chi connectivity index (χ1v) is 7.59. The smallest absolute Gasteiger partial charge is 0.259 e. The molecular formula is C18H14F3N3O. The minimum atomic E-state index is -0.864. The Morgan fingerprint density at radius 3 is 2.40 bits per heavy atom. The summed E-state index contributed by atoms with van der Waals surface area (Å²) in [7, 11) is 0. The van der Waals surface area contributed by atoms with Gasteiger partial charge >= 0.3 is 0 Å². The molecule has 0 aliphatic rings. The van der Waals surface area contributed by atoms with Crippen molar-refractivity contribution in [3.63, 3.8) is 0 Å². The summed E-state index contributed by atoms with van der Waals surface area (Å²) in [4.78, 5) is 12.4. The Balaban J connectivity index is 1.92. The highest BCUT2D eigenvalue weighted by Gasteiger charge is 2.18. The molecule has 4 nitrogen and oxygen atoms in total. The normalized spacial score (nSPS) is 10.7. The number of carbonyl (C=O) groups is 1. The number of rotatable bonds is 4. The lowest BCUT2D eigenvalue weighted by atomic mass is 10.1. The Morgan fingerprint density at radius 1 is 1.08 bits per heavy atom. The molecule has 25 heavy (non-hydrogen) atoms. The number of anilines is 1. The highest BCUT2D eigenvalue weighted by atomic mass is 19.1. The minimum absolute atomic E-state index is 0.122. The number of benzene rings is 2. The lowest BCUT2D eigenvalue weighted by Gasteiger charge is -2.09. The number of nitrogens with zero attached hydrogens (tertiary/aromatic N) is 2. The number of nitrogens with one attached hydrogen (secondary N) is 1. The first-order chi connectivity index (χ1) is 12.0. The molecule has 1 N–H and O–H groups in total. The molecule has 0 radical (unpaired) electrons. The molecule has 1 heterocycles. The molecule has 0 unspecified atom stereocenters. The molecule has 128 valence electrons. The van der Waals surface area contributed by atoms with Crippen LogP contribution < -0.4 is 5.32 Å². The fraction of sp³-hybridized carbons (Fsp3) is 0.111. The Kier molecular flexibility index (Phi) is 4.56. The van der Waals surface area contributed by atoms with Gasteiger partial charge in [0.2, 0.25) is 0 Å². The fourth-order valence-electron chi connectivity index (χ4n) is 2.49. The lowest BCUT2D eigenvalue weighted by molar-refractivity contribution is 0.102. The number of aromatic nitrogens is 2. The molecule has 3 aromatic rings. The highest BCUT2D eigenvalue weighted by Crippen LogP contribution is 2.20. The summed E-state index contributed by atoms with van der Waals surface area (Å²) in [6.07, 6.45) is 1.84. The average molecular weight is 345 g/mol. The Morgan fingerprint density at radius 2 is 1.76 bits per heavy atom. The van der Waals surface area contributed by atoms with Gasteiger partial charge in [0.15, 0.2) is 0 Å². The molecule has 0 aliphatic carbocycles. The second-order valence-corrected chi connectivity index (χ2v) is 5.33. The number of hydrogen-bond donors (Lipinski definition) is 1. The van der Waals surface area contributed by atoms with E-state index in [1.54, 1.807) is 12.1 Å². The maximum atomic E-state index is 13.7. The number of amides is 1. The van der Waals surface area contributed by atoms with E-state index < -0.39 is 17.5 Å². The van der Waals surface area contributed by atoms with E-state index in [9.17, 15) is 18.0 Å². The van der Waals surface area contributed by atoms with Crippen molar-refractivity contribution >= 4 is 11.6 Å². The zero-order valence-electron chi connectivity index (χ0n) is 13.3. The number of carbonyl (C=O) groups excluding carboxylic acids is 1. The van der Waals surface area contributed by atoms with E-state index in [1.165, 1.54) is 23.0 Å². The van der Waals surface area contributed by atoms with Gasteiger partial charge < -0.3 is 5.32 Å². The zero-order valence-corrected chi connectivity index (χ0v) is 13.3. The van der Waals surface area contributed by atoms with Gasteiger partial charge in [-0.3, -0.25) is 4.79 Å². The molecule has 0 bridgehead atoms. The summed E-state index contributed by atoms with van der Waals surface area (Å²) < 4.78 is 41.3. The van der Waals surface area contributed by atoms with Crippen LogP contribution in [0.3, 0.4) is 0 Å². The van der Waals surface area contributed by atoms with Crippen molar-refractivity contribution in [2.24, 2.45) is 0 Å². The highest BCUT2D eigenvalue weighted by molar-refractivity contribution is 6.05. The summed E-state index contributed by atoms with van der Waals surface area (Å²) in [5.41, 5.74) is 1.33. The minimum Gasteiger partial charge on any atom is -0.319 e. The van der Waals surface area contributed by atoms with Crippen molar-refractivity contribution in [1.82, 2.24) is 9.78 Å². The molecular weight excluding hydrogens is 331 g/mol. The molecule has 0 saturated carbocycles. The van der Waals surface area contributed by atoms with E-state index in [0.717, 1.165) is 12.1 Å². The predicted molar refractivity (Wildman–Crippen MR) is 87.2 cm³/mol. The fourth-order valence-corrected chi connectivity index (χ4v) is 2.49. The van der Waals surface area contributed by atoms with Crippen LogP contribution in [0.25, 0.3) is 5.69 Å². The molecule has 1 aromatic heterocycles. The molecule has 0 aliphatic heterocycles. The van der Waals surface area contributed by atoms with Gasteiger partial charge in [-0.15, -0.1) is 0 Å². The standard InChI is InChI=1S/C18H14F3N3O/c1-2-17-14(10-22-24(17)13-6-3-11(19)4-7-13)18(25)23-16-8-5-12(20)9-15(16)21/h3-10H,2H2,1H3,(H,23,25). The molecule has 2 aromatic carbocycles. The third-order valence-corrected chi connectivity index (χ3v) is 3.70. The van der Waals surface area contributed by atoms with Gasteiger partial charge in [0.25, 0.3) is 5.91 Å². The summed E-state index contributed by atoms with van der Waals surface area (Å²) in [5, 5.41) is 6.57. The first kappa shape index (κ1) is 16.8. The van der Waals surface area contributed by atoms with Gasteiger partial charge in [0.05, 0.1) is 28.8 Å². The predicted octanol–water partition coefficient (Wildman–Crippen LogP) is 4.10. The zero-order chi connectivity index (χ0) is 18.0. The van der Waals surface area contributed by atoms with Crippen LogP contribution in [0.15, 0.2) is 48.7 Å². The van der Waals surface area contributed by atoms with Crippen LogP contribution in [0.4, 0.5) is 18.9 Å². The van der Waals surface area contributed by atoms with E-state index in [-0.39, 0.29) is 17.1 Å². The monoisotopic (exact) mass is 345 g/mol. The van der Waals surface area contributed by atoms with Crippen LogP contribution in [0.1, 0.15) is 23.0 Å². The van der Waals surface area contributed by atoms with Crippen LogP contribution in [0, 0.1) is 17.5 Å². The van der Waals surface area contributed by atoms with Crippen molar-refractivity contribution in [3.05, 3.63) is 77.4 Å². The quantitative estimate of drug-likeness (QED) is 0.774. The van der Waals surface area contributed by atoms with Crippen molar-refractivity contribution in [1.29, 1.82) is 0 Å². The average Bonchev–Trinajstić information content (AvgIpc) is 3.02. The van der Waals surface area contributed by atoms with Gasteiger partial charge in [0, 0.05) is 6.07 Å². The van der Waals surface area contributed by atoms with E-state index in [0.29, 0.717) is 23.9 Å². The summed E-state index contributed by atoms with van der Waals surface area (Å²) in [6.45, 7) is 1.84. The molecule has 3 rings (SSSR count). The maximum absolute atomic E-state index is 13.7. The van der Waals surface area contributed by atoms with Crippen LogP contribution >= 0.6 is 0 Å². The van der Waals surface area contributed by atoms with Crippen molar-refractivity contribution in [2.75, 3.05) is 5.32 Å². The van der Waals surface area contributed by atoms with Gasteiger partial charge in [-0.05, 0) is 42.8 Å². The van der Waals surface area contributed by atoms with Gasteiger partial charge in [-0.25, -0.2) is 17.9 Å². The summed E-state index contributed by atoms with van der Waals surface area (Å²) >= 11 is 0. The lowest BCUT2D eigenvalue weighted by Crippen LogP contribution is -2.15. The number of halogens is 3. The van der Waals surface area contributed by atoms with E-state index in [2.05, 4.69) is 10.4 Å². The Hall–Kier alpha value is -3.09. The largest absolute Gasteiger partial charge is 0.319 e. The Bertz CT molecular complexity index is 920. The van der Waals surface area contributed by atoms with Crippen LogP contribution in [-0.2, 0) is 6.42 Å². The van der Waals surface area contributed by atoms with Crippen molar-refractivity contribution < 1.29 is 18.0 Å². The molecule has 0 fully saturated rings. The van der Waals surface area contributed by atoms with Gasteiger partial charge in [-0.1, -0.05) is 6.92 Å². The van der Waals surface area contributed by atoms with Crippen LogP contribution in [0.5, 0.6) is 0 Å². The summed E-state index contributed by atoms with van der Waals surface area (Å²) in [5.74, 6) is -2.53. The third-order valence-electron chi connectivity index (χ3n) is 3.70. The molecule has 7 heteroatoms. The van der Waals surface area contributed by atoms with Crippen molar-refractivity contribution in [2.45, 2.75) is 13.3 Å². The molecule has 0 saturated heterocycles. The first-order valence-electron chi connectivity index (χ1n) is 7.59. The van der Waals surface area contributed by atoms with E-state index in [1.807, 2.05) is 6.92 Å². The topological polar surface area (TPSA) is 46.9 Å².